The van der Waals surface area contributed by atoms with Gasteiger partial charge in [-0.15, -0.1) is 0 Å². The number of hydrogen-bond acceptors (Lipinski definition) is 2. The molecule has 0 saturated heterocycles. The lowest BCUT2D eigenvalue weighted by Gasteiger charge is -2.20. The van der Waals surface area contributed by atoms with Crippen LogP contribution in [0.1, 0.15) is 39.1 Å². The average Bonchev–Trinajstić information content (AvgIpc) is 3.26. The molecule has 25 heavy (non-hydrogen) atoms. The van der Waals surface area contributed by atoms with Crippen molar-refractivity contribution in [1.29, 1.82) is 0 Å². The van der Waals surface area contributed by atoms with Gasteiger partial charge in [-0.3, -0.25) is 14.5 Å². The van der Waals surface area contributed by atoms with Crippen LogP contribution < -0.4 is 0 Å². The van der Waals surface area contributed by atoms with Crippen LogP contribution >= 0.6 is 0 Å². The summed E-state index contributed by atoms with van der Waals surface area (Å²) < 4.78 is 0. The molecule has 2 aliphatic rings. The zero-order chi connectivity index (χ0) is 17.2. The van der Waals surface area contributed by atoms with E-state index in [-0.39, 0.29) is 17.7 Å². The van der Waals surface area contributed by atoms with E-state index in [4.69, 9.17) is 0 Å². The quantitative estimate of drug-likeness (QED) is 0.618. The number of benzene rings is 2. The van der Waals surface area contributed by atoms with Gasteiger partial charge in [-0.2, -0.15) is 0 Å². The Hall–Kier alpha value is -2.94. The van der Waals surface area contributed by atoms with Gasteiger partial charge < -0.3 is 0 Å². The molecule has 124 valence electrons. The van der Waals surface area contributed by atoms with Crippen LogP contribution in [0.2, 0.25) is 0 Å². The standard InChI is InChI=1S/C22H19NO2/c24-21-19-12-6-7-13-20(19)22(25)23(21)15-18(17-10-4-5-11-17)14-16-8-2-1-3-9-16/h1-4,6-10,12-14,17H,5,11,15H2/b18-14+. The van der Waals surface area contributed by atoms with E-state index in [9.17, 15) is 9.59 Å². The van der Waals surface area contributed by atoms with Gasteiger partial charge in [0.05, 0.1) is 17.7 Å². The lowest BCUT2D eigenvalue weighted by Crippen LogP contribution is -2.32. The van der Waals surface area contributed by atoms with E-state index in [1.165, 1.54) is 4.90 Å². The van der Waals surface area contributed by atoms with Gasteiger partial charge in [0.25, 0.3) is 11.8 Å². The highest BCUT2D eigenvalue weighted by Gasteiger charge is 2.36. The Kier molecular flexibility index (Phi) is 4.06. The van der Waals surface area contributed by atoms with E-state index in [1.807, 2.05) is 30.3 Å². The van der Waals surface area contributed by atoms with Crippen molar-refractivity contribution in [2.45, 2.75) is 12.8 Å². The maximum absolute atomic E-state index is 12.7. The molecule has 3 heteroatoms. The molecule has 1 heterocycles. The Labute approximate surface area is 147 Å². The fraction of sp³-hybridized carbons (Fsp3) is 0.182. The zero-order valence-corrected chi connectivity index (χ0v) is 13.9. The third-order valence-electron chi connectivity index (χ3n) is 4.86. The SMILES string of the molecule is O=C1c2ccccc2C(=O)N1C/C(=C\c1ccccc1)C1C=CCC1. The van der Waals surface area contributed by atoms with Crippen molar-refractivity contribution in [2.75, 3.05) is 6.54 Å². The number of carbonyl (C=O) groups is 2. The number of allylic oxidation sites excluding steroid dienone is 2. The van der Waals surface area contributed by atoms with Gasteiger partial charge in [0, 0.05) is 5.92 Å². The predicted octanol–water partition coefficient (Wildman–Crippen LogP) is 4.33. The van der Waals surface area contributed by atoms with E-state index < -0.39 is 0 Å². The zero-order valence-electron chi connectivity index (χ0n) is 13.9. The van der Waals surface area contributed by atoms with Crippen LogP contribution in [0, 0.1) is 5.92 Å². The van der Waals surface area contributed by atoms with Crippen molar-refractivity contribution in [2.24, 2.45) is 5.92 Å². The Morgan fingerprint density at radius 1 is 0.960 bits per heavy atom. The van der Waals surface area contributed by atoms with Crippen LogP contribution in [0.25, 0.3) is 6.08 Å². The van der Waals surface area contributed by atoms with Crippen molar-refractivity contribution < 1.29 is 9.59 Å². The number of hydrogen-bond donors (Lipinski definition) is 0. The third kappa shape index (κ3) is 2.93. The minimum absolute atomic E-state index is 0.193. The van der Waals surface area contributed by atoms with Gasteiger partial charge in [-0.05, 0) is 36.1 Å². The molecule has 1 unspecified atom stereocenters. The van der Waals surface area contributed by atoms with Gasteiger partial charge >= 0.3 is 0 Å². The summed E-state index contributed by atoms with van der Waals surface area (Å²) in [5.74, 6) is -0.104. The first-order chi connectivity index (χ1) is 12.2. The molecular weight excluding hydrogens is 310 g/mol. The molecule has 4 rings (SSSR count). The maximum atomic E-state index is 12.7. The number of carbonyl (C=O) groups excluding carboxylic acids is 2. The molecule has 1 aliphatic carbocycles. The van der Waals surface area contributed by atoms with Crippen LogP contribution in [-0.2, 0) is 0 Å². The summed E-state index contributed by atoms with van der Waals surface area (Å²) in [6, 6.07) is 17.1. The highest BCUT2D eigenvalue weighted by Crippen LogP contribution is 2.30. The van der Waals surface area contributed by atoms with Crippen LogP contribution in [0.4, 0.5) is 0 Å². The van der Waals surface area contributed by atoms with Crippen molar-refractivity contribution in [3.63, 3.8) is 0 Å². The predicted molar refractivity (Wildman–Crippen MR) is 98.1 cm³/mol. The Morgan fingerprint density at radius 3 is 2.20 bits per heavy atom. The van der Waals surface area contributed by atoms with Crippen LogP contribution in [0.15, 0.2) is 72.3 Å². The number of amides is 2. The fourth-order valence-corrected chi connectivity index (χ4v) is 3.54. The average molecular weight is 329 g/mol. The molecule has 3 nitrogen and oxygen atoms in total. The normalized spacial score (nSPS) is 19.6. The van der Waals surface area contributed by atoms with Crippen LogP contribution in [-0.4, -0.2) is 23.3 Å². The fourth-order valence-electron chi connectivity index (χ4n) is 3.54. The van der Waals surface area contributed by atoms with Crippen LogP contribution in [0.5, 0.6) is 0 Å². The smallest absolute Gasteiger partial charge is 0.261 e. The monoisotopic (exact) mass is 329 g/mol. The van der Waals surface area contributed by atoms with Gasteiger partial charge in [0.1, 0.15) is 0 Å². The Morgan fingerprint density at radius 2 is 1.60 bits per heavy atom. The summed E-state index contributed by atoms with van der Waals surface area (Å²) >= 11 is 0. The van der Waals surface area contributed by atoms with Crippen molar-refractivity contribution in [3.05, 3.63) is 89.0 Å². The summed E-state index contributed by atoms with van der Waals surface area (Å²) in [7, 11) is 0. The topological polar surface area (TPSA) is 37.4 Å². The Balaban J connectivity index is 1.66. The maximum Gasteiger partial charge on any atom is 0.261 e. The molecule has 2 aromatic carbocycles. The van der Waals surface area contributed by atoms with Gasteiger partial charge in [0.2, 0.25) is 0 Å². The largest absolute Gasteiger partial charge is 0.270 e. The van der Waals surface area contributed by atoms with Crippen molar-refractivity contribution >= 4 is 17.9 Å². The number of fused-ring (bicyclic) bond motifs is 1. The first-order valence-corrected chi connectivity index (χ1v) is 8.61. The molecule has 0 spiro atoms. The highest BCUT2D eigenvalue weighted by atomic mass is 16.2. The van der Waals surface area contributed by atoms with E-state index in [2.05, 4.69) is 18.2 Å². The molecule has 0 N–H and O–H groups in total. The van der Waals surface area contributed by atoms with E-state index in [0.717, 1.165) is 24.0 Å². The minimum Gasteiger partial charge on any atom is -0.270 e. The Bertz CT molecular complexity index is 845. The van der Waals surface area contributed by atoms with E-state index in [1.54, 1.807) is 24.3 Å². The molecular formula is C22H19NO2. The second-order valence-electron chi connectivity index (χ2n) is 6.48. The van der Waals surface area contributed by atoms with Gasteiger partial charge in [-0.1, -0.05) is 60.7 Å². The molecule has 0 saturated carbocycles. The molecule has 2 aromatic rings. The van der Waals surface area contributed by atoms with Gasteiger partial charge in [-0.25, -0.2) is 0 Å². The summed E-state index contributed by atoms with van der Waals surface area (Å²) in [6.07, 6.45) is 8.55. The number of imide groups is 1. The summed E-state index contributed by atoms with van der Waals surface area (Å²) in [6.45, 7) is 0.343. The number of nitrogens with zero attached hydrogens (tertiary/aromatic N) is 1. The summed E-state index contributed by atoms with van der Waals surface area (Å²) in [4.78, 5) is 26.7. The van der Waals surface area contributed by atoms with Crippen LogP contribution in [0.3, 0.4) is 0 Å². The van der Waals surface area contributed by atoms with E-state index >= 15 is 0 Å². The molecule has 1 atom stereocenters. The lowest BCUT2D eigenvalue weighted by molar-refractivity contribution is 0.0666. The molecule has 0 aromatic heterocycles. The number of rotatable bonds is 4. The van der Waals surface area contributed by atoms with Crippen molar-refractivity contribution in [3.8, 4) is 0 Å². The first kappa shape index (κ1) is 15.6. The summed E-state index contributed by atoms with van der Waals surface area (Å²) in [5.41, 5.74) is 3.21. The molecule has 1 aliphatic heterocycles. The van der Waals surface area contributed by atoms with E-state index in [0.29, 0.717) is 17.7 Å². The lowest BCUT2D eigenvalue weighted by atomic mass is 9.95. The second-order valence-corrected chi connectivity index (χ2v) is 6.48. The molecule has 0 fully saturated rings. The van der Waals surface area contributed by atoms with Gasteiger partial charge in [0.15, 0.2) is 0 Å². The molecule has 0 radical (unpaired) electrons. The second kappa shape index (κ2) is 6.52. The molecule has 2 amide bonds. The minimum atomic E-state index is -0.193. The first-order valence-electron chi connectivity index (χ1n) is 8.61. The van der Waals surface area contributed by atoms with Crippen molar-refractivity contribution in [1.82, 2.24) is 4.90 Å². The third-order valence-corrected chi connectivity index (χ3v) is 4.86. The summed E-state index contributed by atoms with van der Waals surface area (Å²) in [5, 5.41) is 0. The highest BCUT2D eigenvalue weighted by molar-refractivity contribution is 6.21. The molecule has 0 bridgehead atoms.